The van der Waals surface area contributed by atoms with E-state index in [1.54, 1.807) is 6.08 Å². The Morgan fingerprint density at radius 1 is 1.22 bits per heavy atom. The van der Waals surface area contributed by atoms with Gasteiger partial charge in [0.25, 0.3) is 5.91 Å². The monoisotopic (exact) mass is 324 g/mol. The zero-order valence-corrected chi connectivity index (χ0v) is 13.4. The number of thioether (sulfide) groups is 1. The van der Waals surface area contributed by atoms with Crippen LogP contribution in [0.3, 0.4) is 0 Å². The first-order valence-electron chi connectivity index (χ1n) is 7.18. The normalized spacial score (nSPS) is 15.8. The van der Waals surface area contributed by atoms with E-state index in [4.69, 9.17) is 10.1 Å². The van der Waals surface area contributed by atoms with Crippen LogP contribution in [0.25, 0.3) is 6.08 Å². The lowest BCUT2D eigenvalue weighted by molar-refractivity contribution is -0.115. The van der Waals surface area contributed by atoms with Crippen LogP contribution in [-0.2, 0) is 11.4 Å². The van der Waals surface area contributed by atoms with Crippen molar-refractivity contribution in [1.29, 1.82) is 5.41 Å². The van der Waals surface area contributed by atoms with Crippen LogP contribution < -0.4 is 10.1 Å². The Hall–Kier alpha value is -2.53. The number of carbonyl (C=O) groups is 1. The molecule has 2 N–H and O–H groups in total. The van der Waals surface area contributed by atoms with Crippen molar-refractivity contribution >= 4 is 28.9 Å². The molecule has 0 aromatic heterocycles. The molecule has 2 aromatic carbocycles. The molecule has 2 aromatic rings. The lowest BCUT2D eigenvalue weighted by Gasteiger charge is -2.07. The van der Waals surface area contributed by atoms with E-state index in [1.165, 1.54) is 5.56 Å². The van der Waals surface area contributed by atoms with Crippen LogP contribution in [0.5, 0.6) is 5.75 Å². The molecule has 0 bridgehead atoms. The fraction of sp³-hybridized carbons (Fsp3) is 0.111. The maximum Gasteiger partial charge on any atom is 0.264 e. The molecular weight excluding hydrogens is 308 g/mol. The lowest BCUT2D eigenvalue weighted by atomic mass is 10.1. The summed E-state index contributed by atoms with van der Waals surface area (Å²) in [5.74, 6) is 0.518. The Balaban J connectivity index is 1.70. The van der Waals surface area contributed by atoms with Gasteiger partial charge in [-0.15, -0.1) is 0 Å². The van der Waals surface area contributed by atoms with E-state index in [0.29, 0.717) is 11.5 Å². The topological polar surface area (TPSA) is 62.2 Å². The molecule has 1 fully saturated rings. The van der Waals surface area contributed by atoms with Gasteiger partial charge in [0.15, 0.2) is 5.17 Å². The van der Waals surface area contributed by atoms with Gasteiger partial charge in [-0.3, -0.25) is 10.2 Å². The van der Waals surface area contributed by atoms with E-state index in [0.717, 1.165) is 28.6 Å². The Bertz CT molecular complexity index is 782. The van der Waals surface area contributed by atoms with Gasteiger partial charge in [0.05, 0.1) is 4.91 Å². The molecule has 0 aliphatic carbocycles. The summed E-state index contributed by atoms with van der Waals surface area (Å²) in [7, 11) is 0. The molecule has 1 aliphatic heterocycles. The highest BCUT2D eigenvalue weighted by atomic mass is 32.2. The van der Waals surface area contributed by atoms with Crippen molar-refractivity contribution < 1.29 is 9.53 Å². The minimum atomic E-state index is -0.231. The average molecular weight is 324 g/mol. The average Bonchev–Trinajstić information content (AvgIpc) is 2.85. The molecule has 0 atom stereocenters. The summed E-state index contributed by atoms with van der Waals surface area (Å²) in [4.78, 5) is 12.2. The van der Waals surface area contributed by atoms with Gasteiger partial charge >= 0.3 is 0 Å². The SMILES string of the molecule is Cc1ccc(COc2cccc(/C=C3\SC(=N)NC3=O)c2)cc1. The molecule has 3 rings (SSSR count). The van der Waals surface area contributed by atoms with Gasteiger partial charge in [-0.25, -0.2) is 0 Å². The number of carbonyl (C=O) groups excluding carboxylic acids is 1. The fourth-order valence-corrected chi connectivity index (χ4v) is 2.84. The minimum absolute atomic E-state index is 0.160. The van der Waals surface area contributed by atoms with Gasteiger partial charge in [0.1, 0.15) is 12.4 Å². The summed E-state index contributed by atoms with van der Waals surface area (Å²) < 4.78 is 5.81. The summed E-state index contributed by atoms with van der Waals surface area (Å²) in [5, 5.41) is 10.1. The number of amides is 1. The molecular formula is C18H16N2O2S. The standard InChI is InChI=1S/C18H16N2O2S/c1-12-5-7-13(8-6-12)11-22-15-4-2-3-14(9-15)10-16-17(21)20-18(19)23-16/h2-10H,11H2,1H3,(H2,19,20,21)/b16-10-. The van der Waals surface area contributed by atoms with Crippen molar-refractivity contribution in [1.82, 2.24) is 5.32 Å². The second kappa shape index (κ2) is 6.71. The summed E-state index contributed by atoms with van der Waals surface area (Å²) >= 11 is 1.13. The summed E-state index contributed by atoms with van der Waals surface area (Å²) in [6, 6.07) is 15.8. The van der Waals surface area contributed by atoms with Crippen LogP contribution in [0.2, 0.25) is 0 Å². The van der Waals surface area contributed by atoms with Gasteiger partial charge in [-0.1, -0.05) is 42.0 Å². The molecule has 5 heteroatoms. The zero-order valence-electron chi connectivity index (χ0n) is 12.6. The van der Waals surface area contributed by atoms with Crippen molar-refractivity contribution in [2.45, 2.75) is 13.5 Å². The number of ether oxygens (including phenoxy) is 1. The number of nitrogens with one attached hydrogen (secondary N) is 2. The zero-order chi connectivity index (χ0) is 16.2. The van der Waals surface area contributed by atoms with Gasteiger partial charge in [0, 0.05) is 0 Å². The quantitative estimate of drug-likeness (QED) is 0.843. The second-order valence-corrected chi connectivity index (χ2v) is 6.29. The van der Waals surface area contributed by atoms with Gasteiger partial charge in [-0.2, -0.15) is 0 Å². The summed E-state index contributed by atoms with van der Waals surface area (Å²) in [6.45, 7) is 2.55. The number of rotatable bonds is 4. The Morgan fingerprint density at radius 2 is 2.00 bits per heavy atom. The van der Waals surface area contributed by atoms with Crippen molar-refractivity contribution in [3.8, 4) is 5.75 Å². The van der Waals surface area contributed by atoms with Crippen molar-refractivity contribution in [3.05, 3.63) is 70.1 Å². The Kier molecular flexibility index (Phi) is 4.48. The van der Waals surface area contributed by atoms with E-state index in [2.05, 4.69) is 24.4 Å². The maximum atomic E-state index is 11.6. The van der Waals surface area contributed by atoms with E-state index in [9.17, 15) is 4.79 Å². The molecule has 0 spiro atoms. The molecule has 1 amide bonds. The first-order valence-corrected chi connectivity index (χ1v) is 8.00. The summed E-state index contributed by atoms with van der Waals surface area (Å²) in [6.07, 6.45) is 1.76. The van der Waals surface area contributed by atoms with Crippen molar-refractivity contribution in [3.63, 3.8) is 0 Å². The van der Waals surface area contributed by atoms with Crippen LogP contribution in [-0.4, -0.2) is 11.1 Å². The predicted molar refractivity (Wildman–Crippen MR) is 93.4 cm³/mol. The first kappa shape index (κ1) is 15.4. The Morgan fingerprint density at radius 3 is 2.70 bits per heavy atom. The summed E-state index contributed by atoms with van der Waals surface area (Å²) in [5.41, 5.74) is 3.21. The molecule has 116 valence electrons. The van der Waals surface area contributed by atoms with E-state index in [1.807, 2.05) is 36.4 Å². The van der Waals surface area contributed by atoms with E-state index in [-0.39, 0.29) is 11.1 Å². The highest BCUT2D eigenvalue weighted by Crippen LogP contribution is 2.26. The highest BCUT2D eigenvalue weighted by molar-refractivity contribution is 8.18. The fourth-order valence-electron chi connectivity index (χ4n) is 2.14. The highest BCUT2D eigenvalue weighted by Gasteiger charge is 2.22. The van der Waals surface area contributed by atoms with Crippen molar-refractivity contribution in [2.24, 2.45) is 0 Å². The first-order chi connectivity index (χ1) is 11.1. The van der Waals surface area contributed by atoms with Crippen molar-refractivity contribution in [2.75, 3.05) is 0 Å². The van der Waals surface area contributed by atoms with E-state index < -0.39 is 0 Å². The third-order valence-electron chi connectivity index (χ3n) is 3.34. The van der Waals surface area contributed by atoms with E-state index >= 15 is 0 Å². The minimum Gasteiger partial charge on any atom is -0.489 e. The number of benzene rings is 2. The Labute approximate surface area is 139 Å². The lowest BCUT2D eigenvalue weighted by Crippen LogP contribution is -2.18. The molecule has 23 heavy (non-hydrogen) atoms. The molecule has 0 unspecified atom stereocenters. The number of hydrogen-bond acceptors (Lipinski definition) is 4. The molecule has 1 saturated heterocycles. The number of amidine groups is 1. The maximum absolute atomic E-state index is 11.6. The van der Waals surface area contributed by atoms with Crippen LogP contribution in [0.15, 0.2) is 53.4 Å². The van der Waals surface area contributed by atoms with Crippen LogP contribution in [0.4, 0.5) is 0 Å². The van der Waals surface area contributed by atoms with Gasteiger partial charge in [0.2, 0.25) is 0 Å². The third kappa shape index (κ3) is 4.02. The largest absolute Gasteiger partial charge is 0.489 e. The van der Waals surface area contributed by atoms with Crippen LogP contribution in [0, 0.1) is 12.3 Å². The smallest absolute Gasteiger partial charge is 0.264 e. The van der Waals surface area contributed by atoms with Crippen LogP contribution >= 0.6 is 11.8 Å². The molecule has 0 saturated carbocycles. The number of hydrogen-bond donors (Lipinski definition) is 2. The third-order valence-corrected chi connectivity index (χ3v) is 4.17. The van der Waals surface area contributed by atoms with Gasteiger partial charge in [-0.05, 0) is 48.0 Å². The predicted octanol–water partition coefficient (Wildman–Crippen LogP) is 3.71. The molecule has 4 nitrogen and oxygen atoms in total. The molecule has 0 radical (unpaired) electrons. The van der Waals surface area contributed by atoms with Crippen LogP contribution in [0.1, 0.15) is 16.7 Å². The molecule has 1 heterocycles. The number of aryl methyl sites for hydroxylation is 1. The second-order valence-electron chi connectivity index (χ2n) is 5.24. The van der Waals surface area contributed by atoms with Gasteiger partial charge < -0.3 is 10.1 Å². The molecule has 1 aliphatic rings.